The molecule has 2 bridgehead atoms. The number of hydrogen-bond acceptors (Lipinski definition) is 2. The molecule has 2 N–H and O–H groups in total. The van der Waals surface area contributed by atoms with Gasteiger partial charge in [0.25, 0.3) is 0 Å². The van der Waals surface area contributed by atoms with Crippen molar-refractivity contribution in [2.45, 2.75) is 38.2 Å². The lowest BCUT2D eigenvalue weighted by atomic mass is 9.88. The first-order valence-electron chi connectivity index (χ1n) is 5.51. The van der Waals surface area contributed by atoms with Gasteiger partial charge in [-0.1, -0.05) is 6.42 Å². The van der Waals surface area contributed by atoms with Crippen LogP contribution in [0.4, 0.5) is 0 Å². The zero-order valence-corrected chi connectivity index (χ0v) is 8.24. The predicted molar refractivity (Wildman–Crippen MR) is 52.7 cm³/mol. The second-order valence-electron chi connectivity index (χ2n) is 4.73. The van der Waals surface area contributed by atoms with Crippen LogP contribution < -0.4 is 0 Å². The van der Waals surface area contributed by atoms with Crippen LogP contribution in [-0.2, 0) is 6.61 Å². The lowest BCUT2D eigenvalue weighted by Crippen LogP contribution is -2.10. The largest absolute Gasteiger partial charge is 0.390 e. The van der Waals surface area contributed by atoms with Gasteiger partial charge in [-0.2, -0.15) is 0 Å². The van der Waals surface area contributed by atoms with Crippen molar-refractivity contribution in [3.8, 4) is 0 Å². The highest BCUT2D eigenvalue weighted by molar-refractivity contribution is 5.10. The minimum Gasteiger partial charge on any atom is -0.390 e. The van der Waals surface area contributed by atoms with Crippen molar-refractivity contribution in [2.75, 3.05) is 0 Å². The van der Waals surface area contributed by atoms with Crippen LogP contribution in [0.5, 0.6) is 0 Å². The average Bonchev–Trinajstić information content (AvgIpc) is 2.93. The molecule has 0 radical (unpaired) electrons. The topological polar surface area (TPSA) is 48.9 Å². The SMILES string of the molecule is OCc1cnc(C2CC3CCC2C3)[nH]1. The first kappa shape index (κ1) is 8.48. The van der Waals surface area contributed by atoms with E-state index in [9.17, 15) is 0 Å². The van der Waals surface area contributed by atoms with Gasteiger partial charge in [-0.25, -0.2) is 4.98 Å². The third-order valence-corrected chi connectivity index (χ3v) is 3.91. The van der Waals surface area contributed by atoms with Crippen LogP contribution in [0.15, 0.2) is 6.20 Å². The number of nitrogens with zero attached hydrogens (tertiary/aromatic N) is 1. The molecule has 0 aliphatic heterocycles. The zero-order chi connectivity index (χ0) is 9.54. The Morgan fingerprint density at radius 1 is 1.43 bits per heavy atom. The van der Waals surface area contributed by atoms with Gasteiger partial charge in [-0.05, 0) is 31.1 Å². The molecular weight excluding hydrogens is 176 g/mol. The molecule has 14 heavy (non-hydrogen) atoms. The van der Waals surface area contributed by atoms with Crippen LogP contribution in [0.2, 0.25) is 0 Å². The molecule has 3 unspecified atom stereocenters. The third-order valence-electron chi connectivity index (χ3n) is 3.91. The highest BCUT2D eigenvalue weighted by Gasteiger charge is 2.41. The van der Waals surface area contributed by atoms with Crippen LogP contribution in [0.25, 0.3) is 0 Å². The summed E-state index contributed by atoms with van der Waals surface area (Å²) in [6.07, 6.45) is 7.28. The highest BCUT2D eigenvalue weighted by atomic mass is 16.3. The molecule has 3 nitrogen and oxygen atoms in total. The summed E-state index contributed by atoms with van der Waals surface area (Å²) in [6, 6.07) is 0. The summed E-state index contributed by atoms with van der Waals surface area (Å²) in [7, 11) is 0. The van der Waals surface area contributed by atoms with Gasteiger partial charge < -0.3 is 10.1 Å². The maximum absolute atomic E-state index is 8.95. The van der Waals surface area contributed by atoms with Crippen molar-refractivity contribution >= 4 is 0 Å². The Kier molecular flexibility index (Phi) is 1.87. The van der Waals surface area contributed by atoms with E-state index in [1.807, 2.05) is 0 Å². The molecule has 0 saturated heterocycles. The second-order valence-corrected chi connectivity index (χ2v) is 4.73. The van der Waals surface area contributed by atoms with Crippen LogP contribution in [0.1, 0.15) is 43.1 Å². The fourth-order valence-electron chi connectivity index (χ4n) is 3.22. The summed E-state index contributed by atoms with van der Waals surface area (Å²) >= 11 is 0. The van der Waals surface area contributed by atoms with Gasteiger partial charge in [0, 0.05) is 5.92 Å². The van der Waals surface area contributed by atoms with Gasteiger partial charge in [-0.15, -0.1) is 0 Å². The number of H-pyrrole nitrogens is 1. The van der Waals surface area contributed by atoms with E-state index in [-0.39, 0.29) is 6.61 Å². The monoisotopic (exact) mass is 192 g/mol. The number of aliphatic hydroxyl groups excluding tert-OH is 1. The normalized spacial score (nSPS) is 35.4. The molecule has 0 spiro atoms. The number of aliphatic hydroxyl groups is 1. The Labute approximate surface area is 83.6 Å². The molecule has 1 heterocycles. The molecule has 1 aromatic rings. The van der Waals surface area contributed by atoms with Gasteiger partial charge >= 0.3 is 0 Å². The molecule has 1 aromatic heterocycles. The van der Waals surface area contributed by atoms with Crippen LogP contribution in [0, 0.1) is 11.8 Å². The maximum atomic E-state index is 8.95. The van der Waals surface area contributed by atoms with Gasteiger partial charge in [0.15, 0.2) is 0 Å². The van der Waals surface area contributed by atoms with E-state index in [2.05, 4.69) is 9.97 Å². The Morgan fingerprint density at radius 2 is 2.36 bits per heavy atom. The summed E-state index contributed by atoms with van der Waals surface area (Å²) in [5, 5.41) is 8.95. The van der Waals surface area contributed by atoms with E-state index >= 15 is 0 Å². The fourth-order valence-corrected chi connectivity index (χ4v) is 3.22. The predicted octanol–water partition coefficient (Wildman–Crippen LogP) is 1.81. The van der Waals surface area contributed by atoms with Crippen molar-refractivity contribution in [1.29, 1.82) is 0 Å². The molecule has 0 amide bonds. The molecule has 0 aromatic carbocycles. The van der Waals surface area contributed by atoms with Gasteiger partial charge in [0.05, 0.1) is 18.5 Å². The van der Waals surface area contributed by atoms with Gasteiger partial charge in [0.1, 0.15) is 5.82 Å². The van der Waals surface area contributed by atoms with Gasteiger partial charge in [-0.3, -0.25) is 0 Å². The van der Waals surface area contributed by atoms with Crippen molar-refractivity contribution in [3.63, 3.8) is 0 Å². The second kappa shape index (κ2) is 3.09. The van der Waals surface area contributed by atoms with Crippen LogP contribution in [0.3, 0.4) is 0 Å². The summed E-state index contributed by atoms with van der Waals surface area (Å²) in [6.45, 7) is 0.0772. The number of rotatable bonds is 2. The summed E-state index contributed by atoms with van der Waals surface area (Å²) in [5.74, 6) is 3.57. The molecular formula is C11H16N2O. The average molecular weight is 192 g/mol. The number of hydrogen-bond donors (Lipinski definition) is 2. The quantitative estimate of drug-likeness (QED) is 0.750. The lowest BCUT2D eigenvalue weighted by molar-refractivity contribution is 0.277. The number of aromatic nitrogens is 2. The van der Waals surface area contributed by atoms with E-state index in [4.69, 9.17) is 5.11 Å². The van der Waals surface area contributed by atoms with E-state index in [1.165, 1.54) is 25.7 Å². The fraction of sp³-hybridized carbons (Fsp3) is 0.727. The Balaban J connectivity index is 1.82. The third kappa shape index (κ3) is 1.19. The first-order chi connectivity index (χ1) is 6.86. The Morgan fingerprint density at radius 3 is 2.93 bits per heavy atom. The molecule has 3 heteroatoms. The van der Waals surface area contributed by atoms with Crippen molar-refractivity contribution in [3.05, 3.63) is 17.7 Å². The van der Waals surface area contributed by atoms with Crippen molar-refractivity contribution < 1.29 is 5.11 Å². The number of nitrogens with one attached hydrogen (secondary N) is 1. The van der Waals surface area contributed by atoms with E-state index in [0.29, 0.717) is 5.92 Å². The Bertz CT molecular complexity index is 334. The molecule has 2 aliphatic carbocycles. The minimum absolute atomic E-state index is 0.0772. The highest BCUT2D eigenvalue weighted by Crippen LogP contribution is 2.52. The molecule has 2 fully saturated rings. The zero-order valence-electron chi connectivity index (χ0n) is 8.24. The van der Waals surface area contributed by atoms with E-state index < -0.39 is 0 Å². The van der Waals surface area contributed by atoms with Crippen LogP contribution in [-0.4, -0.2) is 15.1 Å². The number of imidazole rings is 1. The smallest absolute Gasteiger partial charge is 0.109 e. The Hall–Kier alpha value is -0.830. The van der Waals surface area contributed by atoms with Crippen molar-refractivity contribution in [1.82, 2.24) is 9.97 Å². The minimum atomic E-state index is 0.0772. The number of aromatic amines is 1. The molecule has 2 aliphatic rings. The molecule has 2 saturated carbocycles. The molecule has 3 rings (SSSR count). The van der Waals surface area contributed by atoms with Gasteiger partial charge in [0.2, 0.25) is 0 Å². The standard InChI is InChI=1S/C11H16N2O/c14-6-9-5-12-11(13-9)10-4-7-1-2-8(10)3-7/h5,7-8,10,14H,1-4,6H2,(H,12,13). The molecule has 76 valence electrons. The summed E-state index contributed by atoms with van der Waals surface area (Å²) < 4.78 is 0. The lowest BCUT2D eigenvalue weighted by Gasteiger charge is -2.19. The van der Waals surface area contributed by atoms with Crippen LogP contribution >= 0.6 is 0 Å². The molecule has 3 atom stereocenters. The summed E-state index contributed by atoms with van der Waals surface area (Å²) in [5.41, 5.74) is 0.850. The van der Waals surface area contributed by atoms with E-state index in [1.54, 1.807) is 6.20 Å². The number of fused-ring (bicyclic) bond motifs is 2. The van der Waals surface area contributed by atoms with Crippen molar-refractivity contribution in [2.24, 2.45) is 11.8 Å². The first-order valence-corrected chi connectivity index (χ1v) is 5.51. The summed E-state index contributed by atoms with van der Waals surface area (Å²) in [4.78, 5) is 7.60. The maximum Gasteiger partial charge on any atom is 0.109 e. The van der Waals surface area contributed by atoms with E-state index in [0.717, 1.165) is 23.4 Å².